The minimum atomic E-state index is -0.786. The highest BCUT2D eigenvalue weighted by atomic mass is 35.5. The highest BCUT2D eigenvalue weighted by molar-refractivity contribution is 6.30. The van der Waals surface area contributed by atoms with E-state index >= 15 is 0 Å². The maximum atomic E-state index is 13.2. The van der Waals surface area contributed by atoms with Gasteiger partial charge in [-0.2, -0.15) is 0 Å². The summed E-state index contributed by atoms with van der Waals surface area (Å²) in [6.07, 6.45) is 1.60. The van der Waals surface area contributed by atoms with Crippen molar-refractivity contribution in [2.24, 2.45) is 0 Å². The van der Waals surface area contributed by atoms with Gasteiger partial charge >= 0.3 is 12.0 Å². The molecular formula is C24H20ClN3O4. The number of urea groups is 1. The van der Waals surface area contributed by atoms with E-state index in [1.807, 2.05) is 30.3 Å². The monoisotopic (exact) mass is 449 g/mol. The van der Waals surface area contributed by atoms with E-state index in [1.54, 1.807) is 48.7 Å². The molecule has 1 atom stereocenters. The van der Waals surface area contributed by atoms with Gasteiger partial charge < -0.3 is 20.1 Å². The minimum absolute atomic E-state index is 0.0626. The lowest BCUT2D eigenvalue weighted by Crippen LogP contribution is -2.47. The average molecular weight is 450 g/mol. The van der Waals surface area contributed by atoms with E-state index in [9.17, 15) is 9.59 Å². The Bertz CT molecular complexity index is 1140. The van der Waals surface area contributed by atoms with Gasteiger partial charge in [0.15, 0.2) is 0 Å². The van der Waals surface area contributed by atoms with Gasteiger partial charge in [0.25, 0.3) is 0 Å². The van der Waals surface area contributed by atoms with Crippen LogP contribution in [0.25, 0.3) is 0 Å². The van der Waals surface area contributed by atoms with Crippen molar-refractivity contribution < 1.29 is 19.1 Å². The fourth-order valence-corrected chi connectivity index (χ4v) is 3.43. The van der Waals surface area contributed by atoms with E-state index in [1.165, 1.54) is 0 Å². The number of carbonyl (C=O) groups excluding carboxylic acids is 2. The van der Waals surface area contributed by atoms with Crippen molar-refractivity contribution in [3.05, 3.63) is 107 Å². The van der Waals surface area contributed by atoms with E-state index in [2.05, 4.69) is 15.6 Å². The van der Waals surface area contributed by atoms with Crippen LogP contribution in [0.3, 0.4) is 0 Å². The van der Waals surface area contributed by atoms with Crippen molar-refractivity contribution in [2.45, 2.75) is 12.6 Å². The zero-order valence-electron chi connectivity index (χ0n) is 17.0. The third-order valence-corrected chi connectivity index (χ3v) is 4.98. The van der Waals surface area contributed by atoms with Gasteiger partial charge in [0.1, 0.15) is 25.0 Å². The Morgan fingerprint density at radius 3 is 2.56 bits per heavy atom. The van der Waals surface area contributed by atoms with Gasteiger partial charge in [-0.05, 0) is 35.9 Å². The van der Waals surface area contributed by atoms with Gasteiger partial charge in [-0.1, -0.05) is 54.1 Å². The zero-order chi connectivity index (χ0) is 22.3. The quantitative estimate of drug-likeness (QED) is 0.528. The summed E-state index contributed by atoms with van der Waals surface area (Å²) >= 11 is 6.02. The summed E-state index contributed by atoms with van der Waals surface area (Å²) < 4.78 is 11.4. The number of halogens is 1. The molecule has 0 radical (unpaired) electrons. The van der Waals surface area contributed by atoms with E-state index in [-0.39, 0.29) is 18.8 Å². The maximum Gasteiger partial charge on any atom is 0.338 e. The highest BCUT2D eigenvalue weighted by Crippen LogP contribution is 2.27. The first kappa shape index (κ1) is 21.4. The van der Waals surface area contributed by atoms with Crippen LogP contribution in [0.4, 0.5) is 4.79 Å². The Kier molecular flexibility index (Phi) is 6.67. The van der Waals surface area contributed by atoms with Crippen LogP contribution in [0.2, 0.25) is 5.02 Å². The van der Waals surface area contributed by atoms with Crippen LogP contribution in [0, 0.1) is 0 Å². The lowest BCUT2D eigenvalue weighted by atomic mass is 9.99. The van der Waals surface area contributed by atoms with Crippen molar-refractivity contribution in [2.75, 3.05) is 6.61 Å². The summed E-state index contributed by atoms with van der Waals surface area (Å²) in [6, 6.07) is 20.2. The number of aromatic nitrogens is 1. The lowest BCUT2D eigenvalue weighted by Gasteiger charge is -2.28. The molecule has 0 aliphatic carbocycles. The maximum absolute atomic E-state index is 13.2. The van der Waals surface area contributed by atoms with Crippen LogP contribution in [0.5, 0.6) is 5.75 Å². The van der Waals surface area contributed by atoms with Crippen molar-refractivity contribution in [3.63, 3.8) is 0 Å². The molecule has 0 saturated carbocycles. The number of hydrogen-bond acceptors (Lipinski definition) is 5. The van der Waals surface area contributed by atoms with Crippen LogP contribution in [-0.2, 0) is 16.1 Å². The van der Waals surface area contributed by atoms with Gasteiger partial charge in [-0.25, -0.2) is 9.59 Å². The van der Waals surface area contributed by atoms with Gasteiger partial charge in [-0.15, -0.1) is 0 Å². The first-order valence-corrected chi connectivity index (χ1v) is 10.3. The SMILES string of the molecule is O=C1NC(COc2cccc(Cl)c2)=C(C(=O)OCc2ccccc2)C(c2ccccn2)N1. The number of carbonyl (C=O) groups is 2. The summed E-state index contributed by atoms with van der Waals surface area (Å²) in [4.78, 5) is 29.8. The Morgan fingerprint density at radius 2 is 1.81 bits per heavy atom. The van der Waals surface area contributed by atoms with Crippen LogP contribution < -0.4 is 15.4 Å². The van der Waals surface area contributed by atoms with Crippen LogP contribution >= 0.6 is 11.6 Å². The summed E-state index contributed by atoms with van der Waals surface area (Å²) in [7, 11) is 0. The van der Waals surface area contributed by atoms with Gasteiger partial charge in [0.2, 0.25) is 0 Å². The Balaban J connectivity index is 1.64. The van der Waals surface area contributed by atoms with Crippen LogP contribution in [0.1, 0.15) is 17.3 Å². The number of nitrogens with one attached hydrogen (secondary N) is 2. The number of hydrogen-bond donors (Lipinski definition) is 2. The lowest BCUT2D eigenvalue weighted by molar-refractivity contribution is -0.140. The smallest absolute Gasteiger partial charge is 0.338 e. The molecule has 1 unspecified atom stereocenters. The Labute approximate surface area is 190 Å². The number of rotatable bonds is 7. The van der Waals surface area contributed by atoms with Crippen molar-refractivity contribution in [1.82, 2.24) is 15.6 Å². The predicted molar refractivity (Wildman–Crippen MR) is 119 cm³/mol. The topological polar surface area (TPSA) is 89.5 Å². The molecule has 0 fully saturated rings. The first-order chi connectivity index (χ1) is 15.6. The summed E-state index contributed by atoms with van der Waals surface area (Å²) in [5.41, 5.74) is 1.87. The fourth-order valence-electron chi connectivity index (χ4n) is 3.25. The van der Waals surface area contributed by atoms with E-state index < -0.39 is 18.0 Å². The second-order valence-electron chi connectivity index (χ2n) is 6.99. The average Bonchev–Trinajstić information content (AvgIpc) is 2.82. The fraction of sp³-hybridized carbons (Fsp3) is 0.125. The summed E-state index contributed by atoms with van der Waals surface area (Å²) in [5.74, 6) is -0.0779. The number of pyridine rings is 1. The molecule has 2 amide bonds. The number of benzene rings is 2. The molecule has 2 heterocycles. The summed E-state index contributed by atoms with van der Waals surface area (Å²) in [6.45, 7) is 0.0291. The largest absolute Gasteiger partial charge is 0.487 e. The number of esters is 1. The molecule has 162 valence electrons. The van der Waals surface area contributed by atoms with Crippen LogP contribution in [-0.4, -0.2) is 23.6 Å². The number of ether oxygens (including phenoxy) is 2. The Morgan fingerprint density at radius 1 is 1.00 bits per heavy atom. The third kappa shape index (κ3) is 5.25. The van der Waals surface area contributed by atoms with Crippen molar-refractivity contribution >= 4 is 23.6 Å². The van der Waals surface area contributed by atoms with Gasteiger partial charge in [0, 0.05) is 11.2 Å². The van der Waals surface area contributed by atoms with Crippen LogP contribution in [0.15, 0.2) is 90.3 Å². The van der Waals surface area contributed by atoms with Crippen molar-refractivity contribution in [1.29, 1.82) is 0 Å². The first-order valence-electron chi connectivity index (χ1n) is 9.91. The normalized spacial score (nSPS) is 15.5. The molecule has 0 saturated heterocycles. The molecule has 4 rings (SSSR count). The Hall–Kier alpha value is -3.84. The molecule has 8 heteroatoms. The molecule has 1 aliphatic heterocycles. The molecule has 7 nitrogen and oxygen atoms in total. The molecule has 2 N–H and O–H groups in total. The summed E-state index contributed by atoms with van der Waals surface area (Å²) in [5, 5.41) is 5.94. The minimum Gasteiger partial charge on any atom is -0.487 e. The standard InChI is InChI=1S/C24H20ClN3O4/c25-17-9-6-10-18(13-17)31-15-20-21(23(29)32-14-16-7-2-1-3-8-16)22(28-24(30)27-20)19-11-4-5-12-26-19/h1-13,22H,14-15H2,(H2,27,28,30). The second-order valence-corrected chi connectivity index (χ2v) is 7.42. The molecule has 2 aromatic carbocycles. The molecule has 1 aromatic heterocycles. The van der Waals surface area contributed by atoms with E-state index in [0.717, 1.165) is 5.56 Å². The zero-order valence-corrected chi connectivity index (χ0v) is 17.7. The highest BCUT2D eigenvalue weighted by Gasteiger charge is 2.34. The molecule has 32 heavy (non-hydrogen) atoms. The second kappa shape index (κ2) is 9.98. The molecule has 0 spiro atoms. The molecule has 1 aliphatic rings. The van der Waals surface area contributed by atoms with Gasteiger partial charge in [0.05, 0.1) is 17.0 Å². The van der Waals surface area contributed by atoms with Gasteiger partial charge in [-0.3, -0.25) is 4.98 Å². The number of amides is 2. The van der Waals surface area contributed by atoms with E-state index in [4.69, 9.17) is 21.1 Å². The molecule has 0 bridgehead atoms. The van der Waals surface area contributed by atoms with E-state index in [0.29, 0.717) is 22.2 Å². The molecular weight excluding hydrogens is 430 g/mol. The third-order valence-electron chi connectivity index (χ3n) is 4.75. The predicted octanol–water partition coefficient (Wildman–Crippen LogP) is 4.17. The molecule has 3 aromatic rings. The van der Waals surface area contributed by atoms with Crippen molar-refractivity contribution in [3.8, 4) is 5.75 Å². The number of nitrogens with zero attached hydrogens (tertiary/aromatic N) is 1.